The van der Waals surface area contributed by atoms with E-state index in [-0.39, 0.29) is 0 Å². The van der Waals surface area contributed by atoms with Crippen molar-refractivity contribution >= 4 is 22.8 Å². The van der Waals surface area contributed by atoms with Gasteiger partial charge >= 0.3 is 0 Å². The molecular formula is C14H22N6O. The molecule has 7 nitrogen and oxygen atoms in total. The molecule has 2 aromatic heterocycles. The minimum atomic E-state index is -0.670. The van der Waals surface area contributed by atoms with Gasteiger partial charge in [0.05, 0.1) is 17.2 Å². The Morgan fingerprint density at radius 2 is 2.33 bits per heavy atom. The lowest BCUT2D eigenvalue weighted by Crippen LogP contribution is -2.46. The van der Waals surface area contributed by atoms with Crippen LogP contribution in [0.5, 0.6) is 0 Å². The number of hydrogen-bond donors (Lipinski definition) is 3. The van der Waals surface area contributed by atoms with Gasteiger partial charge in [-0.1, -0.05) is 6.92 Å². The van der Waals surface area contributed by atoms with E-state index < -0.39 is 5.60 Å². The zero-order valence-corrected chi connectivity index (χ0v) is 12.6. The lowest BCUT2D eigenvalue weighted by Gasteiger charge is -2.37. The summed E-state index contributed by atoms with van der Waals surface area (Å²) in [5.41, 5.74) is 0.0554. The molecule has 0 radical (unpaired) electrons. The number of hydrogen-bond acceptors (Lipinski definition) is 6. The smallest absolute Gasteiger partial charge is 0.226 e. The number of aliphatic hydroxyl groups is 1. The van der Waals surface area contributed by atoms with E-state index in [4.69, 9.17) is 0 Å². The average molecular weight is 290 g/mol. The molecule has 7 heteroatoms. The average Bonchev–Trinajstić information content (AvgIpc) is 2.91. The second kappa shape index (κ2) is 5.48. The van der Waals surface area contributed by atoms with E-state index in [0.717, 1.165) is 49.2 Å². The monoisotopic (exact) mass is 290 g/mol. The molecule has 0 spiro atoms. The minimum absolute atomic E-state index is 0.581. The zero-order chi connectivity index (χ0) is 14.9. The number of β-amino-alcohol motifs (C(OH)–C–C–N with tert-alkyl or cyclic N) is 1. The highest BCUT2D eigenvalue weighted by molar-refractivity contribution is 5.87. The van der Waals surface area contributed by atoms with Crippen molar-refractivity contribution in [1.29, 1.82) is 0 Å². The largest absolute Gasteiger partial charge is 0.388 e. The number of anilines is 2. The second-order valence-corrected chi connectivity index (χ2v) is 5.95. The Morgan fingerprint density at radius 1 is 1.48 bits per heavy atom. The normalized spacial score (nSPS) is 22.7. The van der Waals surface area contributed by atoms with Crippen LogP contribution in [-0.2, 0) is 0 Å². The summed E-state index contributed by atoms with van der Waals surface area (Å²) in [6.07, 6.45) is 4.54. The molecule has 0 aliphatic carbocycles. The van der Waals surface area contributed by atoms with Crippen LogP contribution >= 0.6 is 0 Å². The van der Waals surface area contributed by atoms with E-state index in [1.54, 1.807) is 6.20 Å². The maximum Gasteiger partial charge on any atom is 0.226 e. The molecule has 0 saturated carbocycles. The van der Waals surface area contributed by atoms with Crippen molar-refractivity contribution in [3.05, 3.63) is 6.20 Å². The first-order chi connectivity index (χ1) is 10.1. The van der Waals surface area contributed by atoms with Crippen molar-refractivity contribution in [3.63, 3.8) is 0 Å². The third kappa shape index (κ3) is 2.92. The molecule has 1 aliphatic rings. The van der Waals surface area contributed by atoms with Crippen molar-refractivity contribution in [1.82, 2.24) is 20.2 Å². The summed E-state index contributed by atoms with van der Waals surface area (Å²) in [5.74, 6) is 1.45. The van der Waals surface area contributed by atoms with Gasteiger partial charge in [0.1, 0.15) is 5.82 Å². The fourth-order valence-corrected chi connectivity index (χ4v) is 2.78. The highest BCUT2D eigenvalue weighted by Gasteiger charge is 2.30. The molecule has 1 saturated heterocycles. The number of nitrogens with one attached hydrogen (secondary N) is 2. The van der Waals surface area contributed by atoms with Crippen LogP contribution in [0.4, 0.5) is 11.8 Å². The highest BCUT2D eigenvalue weighted by Crippen LogP contribution is 2.29. The van der Waals surface area contributed by atoms with Gasteiger partial charge in [0.25, 0.3) is 0 Å². The maximum atomic E-state index is 10.3. The topological polar surface area (TPSA) is 90.0 Å². The van der Waals surface area contributed by atoms with Crippen LogP contribution in [0.25, 0.3) is 11.0 Å². The second-order valence-electron chi connectivity index (χ2n) is 5.95. The minimum Gasteiger partial charge on any atom is -0.388 e. The van der Waals surface area contributed by atoms with Gasteiger partial charge < -0.3 is 15.3 Å². The van der Waals surface area contributed by atoms with Crippen LogP contribution in [0.15, 0.2) is 6.20 Å². The van der Waals surface area contributed by atoms with Gasteiger partial charge in [-0.3, -0.25) is 5.10 Å². The Kier molecular flexibility index (Phi) is 3.67. The molecule has 114 valence electrons. The molecule has 1 fully saturated rings. The van der Waals surface area contributed by atoms with Crippen LogP contribution in [0.2, 0.25) is 0 Å². The Bertz CT molecular complexity index is 623. The van der Waals surface area contributed by atoms with Crippen LogP contribution in [-0.4, -0.2) is 50.5 Å². The summed E-state index contributed by atoms with van der Waals surface area (Å²) in [6.45, 7) is 6.28. The Labute approximate surface area is 123 Å². The molecule has 3 rings (SSSR count). The number of aromatic amines is 1. The van der Waals surface area contributed by atoms with Crippen LogP contribution in [0, 0.1) is 0 Å². The zero-order valence-electron chi connectivity index (χ0n) is 12.6. The van der Waals surface area contributed by atoms with Crippen molar-refractivity contribution in [2.45, 2.75) is 38.7 Å². The molecule has 21 heavy (non-hydrogen) atoms. The predicted molar refractivity (Wildman–Crippen MR) is 82.5 cm³/mol. The molecule has 2 aromatic rings. The quantitative estimate of drug-likeness (QED) is 0.791. The summed E-state index contributed by atoms with van der Waals surface area (Å²) >= 11 is 0. The molecule has 1 atom stereocenters. The van der Waals surface area contributed by atoms with Gasteiger partial charge in [0, 0.05) is 19.6 Å². The summed E-state index contributed by atoms with van der Waals surface area (Å²) in [4.78, 5) is 11.2. The van der Waals surface area contributed by atoms with E-state index in [2.05, 4.69) is 37.3 Å². The van der Waals surface area contributed by atoms with Crippen molar-refractivity contribution < 1.29 is 5.11 Å². The van der Waals surface area contributed by atoms with E-state index in [0.29, 0.717) is 12.5 Å². The molecule has 1 aliphatic heterocycles. The third-order valence-electron chi connectivity index (χ3n) is 3.80. The van der Waals surface area contributed by atoms with Crippen LogP contribution in [0.1, 0.15) is 33.1 Å². The number of nitrogens with zero attached hydrogens (tertiary/aromatic N) is 4. The van der Waals surface area contributed by atoms with Gasteiger partial charge in [-0.05, 0) is 26.2 Å². The van der Waals surface area contributed by atoms with E-state index in [1.165, 1.54) is 0 Å². The van der Waals surface area contributed by atoms with Gasteiger partial charge in [-0.25, -0.2) is 0 Å². The summed E-state index contributed by atoms with van der Waals surface area (Å²) in [6, 6.07) is 0. The maximum absolute atomic E-state index is 10.3. The fourth-order valence-electron chi connectivity index (χ4n) is 2.78. The molecule has 0 aromatic carbocycles. The van der Waals surface area contributed by atoms with Gasteiger partial charge in [-0.15, -0.1) is 0 Å². The van der Waals surface area contributed by atoms with E-state index >= 15 is 0 Å². The molecule has 0 amide bonds. The molecular weight excluding hydrogens is 268 g/mol. The molecule has 0 bridgehead atoms. The predicted octanol–water partition coefficient (Wildman–Crippen LogP) is 1.53. The standard InChI is InChI=1S/C14H22N6O/c1-3-6-15-13-17-11-10(8-16-19-11)12(18-13)20-7-4-5-14(2,21)9-20/h8,21H,3-7,9H2,1-2H3,(H2,15,16,17,18,19). The number of rotatable bonds is 4. The lowest BCUT2D eigenvalue weighted by atomic mass is 9.95. The Hall–Kier alpha value is -1.89. The fraction of sp³-hybridized carbons (Fsp3) is 0.643. The lowest BCUT2D eigenvalue weighted by molar-refractivity contribution is 0.0448. The summed E-state index contributed by atoms with van der Waals surface area (Å²) in [5, 5.41) is 21.4. The summed E-state index contributed by atoms with van der Waals surface area (Å²) < 4.78 is 0. The van der Waals surface area contributed by atoms with Gasteiger partial charge in [-0.2, -0.15) is 15.1 Å². The third-order valence-corrected chi connectivity index (χ3v) is 3.80. The summed E-state index contributed by atoms with van der Waals surface area (Å²) in [7, 11) is 0. The number of piperidine rings is 1. The van der Waals surface area contributed by atoms with Crippen LogP contribution < -0.4 is 10.2 Å². The Morgan fingerprint density at radius 3 is 3.10 bits per heavy atom. The van der Waals surface area contributed by atoms with Crippen LogP contribution in [0.3, 0.4) is 0 Å². The number of fused-ring (bicyclic) bond motifs is 1. The Balaban J connectivity index is 1.97. The molecule has 3 heterocycles. The number of aromatic nitrogens is 4. The van der Waals surface area contributed by atoms with Gasteiger partial charge in [0.2, 0.25) is 5.95 Å². The van der Waals surface area contributed by atoms with Crippen molar-refractivity contribution in [2.24, 2.45) is 0 Å². The van der Waals surface area contributed by atoms with Gasteiger partial charge in [0.15, 0.2) is 5.65 Å². The number of H-pyrrole nitrogens is 1. The van der Waals surface area contributed by atoms with Crippen molar-refractivity contribution in [3.8, 4) is 0 Å². The first kappa shape index (κ1) is 14.1. The van der Waals surface area contributed by atoms with Crippen molar-refractivity contribution in [2.75, 3.05) is 29.9 Å². The molecule has 3 N–H and O–H groups in total. The first-order valence-corrected chi connectivity index (χ1v) is 7.51. The van der Waals surface area contributed by atoms with E-state index in [9.17, 15) is 5.11 Å². The first-order valence-electron chi connectivity index (χ1n) is 7.51. The van der Waals surface area contributed by atoms with E-state index in [1.807, 2.05) is 6.92 Å². The molecule has 1 unspecified atom stereocenters. The highest BCUT2D eigenvalue weighted by atomic mass is 16.3. The SMILES string of the molecule is CCCNc1nc(N2CCCC(C)(O)C2)c2cn[nH]c2n1.